The molecule has 0 aliphatic carbocycles. The van der Waals surface area contributed by atoms with Crippen LogP contribution in [0.25, 0.3) is 0 Å². The number of carbonyl (C=O) groups is 2. The molecule has 1 atom stereocenters. The van der Waals surface area contributed by atoms with Crippen molar-refractivity contribution in [1.82, 2.24) is 9.78 Å². The number of methoxy groups -OCH3 is 1. The van der Waals surface area contributed by atoms with Crippen molar-refractivity contribution in [3.63, 3.8) is 0 Å². The highest BCUT2D eigenvalue weighted by Gasteiger charge is 2.30. The summed E-state index contributed by atoms with van der Waals surface area (Å²) in [5.74, 6) is -1.32. The Balaban J connectivity index is 2.82. The summed E-state index contributed by atoms with van der Waals surface area (Å²) in [5, 5.41) is 15.6. The quantitative estimate of drug-likeness (QED) is 0.806. The smallest absolute Gasteiger partial charge is 0.331 e. The van der Waals surface area contributed by atoms with Crippen LogP contribution in [0.5, 0.6) is 0 Å². The van der Waals surface area contributed by atoms with E-state index in [1.807, 2.05) is 0 Å². The number of amides is 1. The summed E-state index contributed by atoms with van der Waals surface area (Å²) in [4.78, 5) is 22.6. The van der Waals surface area contributed by atoms with Crippen LogP contribution < -0.4 is 5.32 Å². The van der Waals surface area contributed by atoms with Crippen molar-refractivity contribution in [2.75, 3.05) is 12.4 Å². The third-order valence-corrected chi connectivity index (χ3v) is 2.67. The third-order valence-electron chi connectivity index (χ3n) is 2.67. The third kappa shape index (κ3) is 2.86. The molecule has 2 N–H and O–H groups in total. The van der Waals surface area contributed by atoms with Gasteiger partial charge < -0.3 is 15.2 Å². The first-order chi connectivity index (χ1) is 8.28. The predicted molar refractivity (Wildman–Crippen MR) is 64.3 cm³/mol. The molecule has 1 aromatic heterocycles. The van der Waals surface area contributed by atoms with Gasteiger partial charge in [0.05, 0.1) is 11.9 Å². The van der Waals surface area contributed by atoms with Gasteiger partial charge in [0.1, 0.15) is 6.10 Å². The van der Waals surface area contributed by atoms with Crippen LogP contribution in [-0.4, -0.2) is 40.0 Å². The minimum atomic E-state index is -1.17. The van der Waals surface area contributed by atoms with E-state index >= 15 is 0 Å². The zero-order chi connectivity index (χ0) is 13.9. The van der Waals surface area contributed by atoms with E-state index < -0.39 is 17.6 Å². The lowest BCUT2D eigenvalue weighted by atomic mass is 10.1. The highest BCUT2D eigenvalue weighted by Crippen LogP contribution is 2.17. The first-order valence-electron chi connectivity index (χ1n) is 5.41. The van der Waals surface area contributed by atoms with Gasteiger partial charge in [0.2, 0.25) is 0 Å². The number of aliphatic carboxylic acids is 1. The number of hydrogen-bond acceptors (Lipinski definition) is 4. The lowest BCUT2D eigenvalue weighted by Gasteiger charge is -2.19. The van der Waals surface area contributed by atoms with E-state index in [4.69, 9.17) is 9.84 Å². The van der Waals surface area contributed by atoms with Crippen molar-refractivity contribution in [2.45, 2.75) is 32.4 Å². The van der Waals surface area contributed by atoms with Gasteiger partial charge >= 0.3 is 5.97 Å². The van der Waals surface area contributed by atoms with Crippen LogP contribution in [0.15, 0.2) is 12.4 Å². The summed E-state index contributed by atoms with van der Waals surface area (Å²) >= 11 is 0. The summed E-state index contributed by atoms with van der Waals surface area (Å²) in [5.41, 5.74) is -0.742. The number of carbonyl (C=O) groups excluding carboxylic acids is 1. The Morgan fingerprint density at radius 2 is 2.17 bits per heavy atom. The molecule has 18 heavy (non-hydrogen) atoms. The second-order valence-electron chi connectivity index (χ2n) is 4.40. The molecule has 100 valence electrons. The standard InChI is InChI=1S/C11H17N3O4/c1-7(18-4)9(15)13-8-5-12-14(6-8)11(2,3)10(16)17/h5-7H,1-4H3,(H,13,15)(H,16,17). The number of nitrogens with zero attached hydrogens (tertiary/aromatic N) is 2. The number of carboxylic acids is 1. The van der Waals surface area contributed by atoms with E-state index in [-0.39, 0.29) is 5.91 Å². The number of rotatable bonds is 5. The van der Waals surface area contributed by atoms with Crippen LogP contribution in [-0.2, 0) is 19.9 Å². The zero-order valence-electron chi connectivity index (χ0n) is 10.8. The van der Waals surface area contributed by atoms with Gasteiger partial charge in [0.15, 0.2) is 5.54 Å². The summed E-state index contributed by atoms with van der Waals surface area (Å²) in [6, 6.07) is 0. The maximum atomic E-state index is 11.5. The van der Waals surface area contributed by atoms with Crippen molar-refractivity contribution in [3.05, 3.63) is 12.4 Å². The first kappa shape index (κ1) is 14.2. The molecular formula is C11H17N3O4. The van der Waals surface area contributed by atoms with Gasteiger partial charge in [-0.1, -0.05) is 0 Å². The molecule has 0 radical (unpaired) electrons. The van der Waals surface area contributed by atoms with Crippen molar-refractivity contribution < 1.29 is 19.4 Å². The maximum absolute atomic E-state index is 11.5. The Hall–Kier alpha value is -1.89. The number of anilines is 1. The molecule has 0 saturated carbocycles. The number of ether oxygens (including phenoxy) is 1. The molecular weight excluding hydrogens is 238 g/mol. The minimum Gasteiger partial charge on any atom is -0.479 e. The Morgan fingerprint density at radius 3 is 2.67 bits per heavy atom. The molecule has 1 unspecified atom stereocenters. The largest absolute Gasteiger partial charge is 0.479 e. The van der Waals surface area contributed by atoms with Gasteiger partial charge in [-0.25, -0.2) is 4.79 Å². The molecule has 7 nitrogen and oxygen atoms in total. The van der Waals surface area contributed by atoms with Crippen molar-refractivity contribution in [3.8, 4) is 0 Å². The lowest BCUT2D eigenvalue weighted by molar-refractivity contribution is -0.146. The summed E-state index contributed by atoms with van der Waals surface area (Å²) in [6.07, 6.45) is 2.28. The molecule has 7 heteroatoms. The van der Waals surface area contributed by atoms with Gasteiger partial charge in [-0.2, -0.15) is 5.10 Å². The van der Waals surface area contributed by atoms with Crippen molar-refractivity contribution in [2.24, 2.45) is 0 Å². The molecule has 0 saturated heterocycles. The highest BCUT2D eigenvalue weighted by atomic mass is 16.5. The average Bonchev–Trinajstić information content (AvgIpc) is 2.76. The second-order valence-corrected chi connectivity index (χ2v) is 4.40. The second kappa shape index (κ2) is 5.18. The molecule has 1 aromatic rings. The van der Waals surface area contributed by atoms with Crippen LogP contribution >= 0.6 is 0 Å². The van der Waals surface area contributed by atoms with E-state index in [1.54, 1.807) is 6.92 Å². The van der Waals surface area contributed by atoms with Crippen LogP contribution in [0.1, 0.15) is 20.8 Å². The predicted octanol–water partition coefficient (Wildman–Crippen LogP) is 0.676. The normalized spacial score (nSPS) is 13.1. The number of aromatic nitrogens is 2. The van der Waals surface area contributed by atoms with E-state index in [2.05, 4.69) is 10.4 Å². The monoisotopic (exact) mass is 255 g/mol. The Bertz CT molecular complexity index is 453. The van der Waals surface area contributed by atoms with Crippen molar-refractivity contribution >= 4 is 17.6 Å². The first-order valence-corrected chi connectivity index (χ1v) is 5.41. The Kier molecular flexibility index (Phi) is 4.07. The van der Waals surface area contributed by atoms with Gasteiger partial charge in [-0.3, -0.25) is 9.48 Å². The Labute approximate surface area is 105 Å². The maximum Gasteiger partial charge on any atom is 0.331 e. The van der Waals surface area contributed by atoms with Crippen LogP contribution in [0, 0.1) is 0 Å². The molecule has 1 heterocycles. The molecule has 0 aliphatic heterocycles. The SMILES string of the molecule is COC(C)C(=O)Nc1cnn(C(C)(C)C(=O)O)c1. The number of nitrogens with one attached hydrogen (secondary N) is 1. The Morgan fingerprint density at radius 1 is 1.56 bits per heavy atom. The topological polar surface area (TPSA) is 93.5 Å². The molecule has 0 fully saturated rings. The van der Waals surface area contributed by atoms with E-state index in [9.17, 15) is 9.59 Å². The van der Waals surface area contributed by atoms with Crippen LogP contribution in [0.3, 0.4) is 0 Å². The fourth-order valence-corrected chi connectivity index (χ4v) is 1.14. The van der Waals surface area contributed by atoms with Gasteiger partial charge in [-0.15, -0.1) is 0 Å². The summed E-state index contributed by atoms with van der Waals surface area (Å²) in [6.45, 7) is 4.65. The minimum absolute atomic E-state index is 0.315. The van der Waals surface area contributed by atoms with Gasteiger partial charge in [0, 0.05) is 13.3 Å². The average molecular weight is 255 g/mol. The molecule has 0 spiro atoms. The number of carboxylic acid groups (broad SMARTS) is 1. The zero-order valence-corrected chi connectivity index (χ0v) is 10.8. The lowest BCUT2D eigenvalue weighted by Crippen LogP contribution is -2.36. The molecule has 0 aliphatic rings. The van der Waals surface area contributed by atoms with E-state index in [0.29, 0.717) is 5.69 Å². The molecule has 1 rings (SSSR count). The fourth-order valence-electron chi connectivity index (χ4n) is 1.14. The van der Waals surface area contributed by atoms with Gasteiger partial charge in [0.25, 0.3) is 5.91 Å². The highest BCUT2D eigenvalue weighted by molar-refractivity contribution is 5.93. The van der Waals surface area contributed by atoms with E-state index in [0.717, 1.165) is 0 Å². The molecule has 0 bridgehead atoms. The molecule has 0 aromatic carbocycles. The van der Waals surface area contributed by atoms with Crippen molar-refractivity contribution in [1.29, 1.82) is 0 Å². The van der Waals surface area contributed by atoms with Crippen LogP contribution in [0.2, 0.25) is 0 Å². The molecule has 1 amide bonds. The summed E-state index contributed by atoms with van der Waals surface area (Å²) < 4.78 is 6.14. The fraction of sp³-hybridized carbons (Fsp3) is 0.545. The van der Waals surface area contributed by atoms with Gasteiger partial charge in [-0.05, 0) is 20.8 Å². The van der Waals surface area contributed by atoms with E-state index in [1.165, 1.54) is 38.0 Å². The van der Waals surface area contributed by atoms with Crippen LogP contribution in [0.4, 0.5) is 5.69 Å². The number of hydrogen-bond donors (Lipinski definition) is 2. The summed E-state index contributed by atoms with van der Waals surface area (Å²) in [7, 11) is 1.43.